The molecule has 0 radical (unpaired) electrons. The number of hydrogen-bond acceptors (Lipinski definition) is 8. The van der Waals surface area contributed by atoms with Crippen LogP contribution in [-0.4, -0.2) is 24.1 Å². The Bertz CT molecular complexity index is 1040. The zero-order valence-corrected chi connectivity index (χ0v) is 14.0. The molecule has 0 aliphatic rings. The first-order valence-corrected chi connectivity index (χ1v) is 7.82. The minimum Gasteiger partial charge on any atom is -0.493 e. The average molecular weight is 360 g/mol. The fourth-order valence-electron chi connectivity index (χ4n) is 2.17. The van der Waals surface area contributed by atoms with E-state index < -0.39 is 10.5 Å². The number of methoxy groups -OCH3 is 2. The predicted molar refractivity (Wildman–Crippen MR) is 93.3 cm³/mol. The number of nitrogens with zero attached hydrogens (tertiary/aromatic N) is 2. The molecule has 0 unspecified atom stereocenters. The third-order valence-electron chi connectivity index (χ3n) is 3.33. The van der Waals surface area contributed by atoms with Crippen molar-refractivity contribution in [3.63, 3.8) is 0 Å². The van der Waals surface area contributed by atoms with E-state index in [1.54, 1.807) is 18.2 Å². The molecule has 2 heterocycles. The van der Waals surface area contributed by atoms with Crippen molar-refractivity contribution in [2.45, 2.75) is 0 Å². The summed E-state index contributed by atoms with van der Waals surface area (Å²) in [6, 6.07) is 6.10. The van der Waals surface area contributed by atoms with Crippen molar-refractivity contribution < 1.29 is 18.8 Å². The molecular weight excluding hydrogens is 348 g/mol. The van der Waals surface area contributed by atoms with Gasteiger partial charge < -0.3 is 13.9 Å². The van der Waals surface area contributed by atoms with E-state index >= 15 is 0 Å². The van der Waals surface area contributed by atoms with Crippen LogP contribution in [0.3, 0.4) is 0 Å². The summed E-state index contributed by atoms with van der Waals surface area (Å²) in [5.74, 6) is 0.927. The van der Waals surface area contributed by atoms with Gasteiger partial charge in [-0.05, 0) is 12.1 Å². The van der Waals surface area contributed by atoms with Crippen LogP contribution in [-0.2, 0) is 0 Å². The SMILES string of the molecule is COc1cc2nc(/C=C/c3ccc([N+](=O)[O-])s3)oc(=O)c2cc1OC. The molecule has 0 saturated carbocycles. The van der Waals surface area contributed by atoms with Crippen LogP contribution in [0.4, 0.5) is 5.00 Å². The summed E-state index contributed by atoms with van der Waals surface area (Å²) in [4.78, 5) is 27.3. The normalized spacial score (nSPS) is 11.1. The molecule has 0 atom stereocenters. The fourth-order valence-corrected chi connectivity index (χ4v) is 2.89. The van der Waals surface area contributed by atoms with Crippen LogP contribution >= 0.6 is 11.3 Å². The van der Waals surface area contributed by atoms with Crippen molar-refractivity contribution in [3.8, 4) is 11.5 Å². The van der Waals surface area contributed by atoms with Gasteiger partial charge in [-0.15, -0.1) is 0 Å². The van der Waals surface area contributed by atoms with E-state index in [1.807, 2.05) is 0 Å². The van der Waals surface area contributed by atoms with E-state index in [0.29, 0.717) is 21.9 Å². The maximum absolute atomic E-state index is 12.1. The molecule has 0 N–H and O–H groups in total. The first kappa shape index (κ1) is 16.7. The summed E-state index contributed by atoms with van der Waals surface area (Å²) in [5.41, 5.74) is -0.173. The molecule has 25 heavy (non-hydrogen) atoms. The van der Waals surface area contributed by atoms with Gasteiger partial charge in [-0.3, -0.25) is 10.1 Å². The standard InChI is InChI=1S/C16H12N2O6S/c1-22-12-7-10-11(8-13(12)23-2)17-14(24-16(10)19)5-3-9-4-6-15(25-9)18(20)21/h3-8H,1-2H3/b5-3+. The van der Waals surface area contributed by atoms with E-state index in [1.165, 1.54) is 32.4 Å². The Balaban J connectivity index is 2.00. The summed E-state index contributed by atoms with van der Waals surface area (Å²) in [7, 11) is 2.95. The summed E-state index contributed by atoms with van der Waals surface area (Å²) < 4.78 is 15.5. The van der Waals surface area contributed by atoms with Crippen molar-refractivity contribution in [2.75, 3.05) is 14.2 Å². The van der Waals surface area contributed by atoms with Crippen LogP contribution < -0.4 is 15.1 Å². The van der Waals surface area contributed by atoms with Crippen LogP contribution in [0.5, 0.6) is 11.5 Å². The van der Waals surface area contributed by atoms with Crippen LogP contribution in [0.1, 0.15) is 10.8 Å². The minimum absolute atomic E-state index is 0.0319. The molecule has 0 amide bonds. The van der Waals surface area contributed by atoms with Gasteiger partial charge in [0.05, 0.1) is 30.0 Å². The topological polar surface area (TPSA) is 105 Å². The highest BCUT2D eigenvalue weighted by atomic mass is 32.1. The molecule has 0 aliphatic heterocycles. The zero-order valence-electron chi connectivity index (χ0n) is 13.2. The molecular formula is C16H12N2O6S. The van der Waals surface area contributed by atoms with Crippen LogP contribution in [0.2, 0.25) is 0 Å². The maximum atomic E-state index is 12.1. The second-order valence-corrected chi connectivity index (χ2v) is 5.92. The van der Waals surface area contributed by atoms with Gasteiger partial charge in [0.2, 0.25) is 5.89 Å². The van der Waals surface area contributed by atoms with Gasteiger partial charge in [-0.2, -0.15) is 0 Å². The second-order valence-electron chi connectivity index (χ2n) is 4.83. The summed E-state index contributed by atoms with van der Waals surface area (Å²) in [6.07, 6.45) is 3.07. The van der Waals surface area contributed by atoms with Gasteiger partial charge in [0.25, 0.3) is 0 Å². The molecule has 128 valence electrons. The van der Waals surface area contributed by atoms with Crippen molar-refractivity contribution >= 4 is 39.4 Å². The smallest absolute Gasteiger partial charge is 0.347 e. The molecule has 8 nitrogen and oxygen atoms in total. The molecule has 0 spiro atoms. The van der Waals surface area contributed by atoms with Crippen molar-refractivity contribution in [2.24, 2.45) is 0 Å². The molecule has 0 saturated heterocycles. The highest BCUT2D eigenvalue weighted by Crippen LogP contribution is 2.30. The van der Waals surface area contributed by atoms with E-state index in [-0.39, 0.29) is 16.3 Å². The number of ether oxygens (including phenoxy) is 2. The molecule has 2 aromatic heterocycles. The van der Waals surface area contributed by atoms with Gasteiger partial charge in [0.15, 0.2) is 11.5 Å². The third kappa shape index (κ3) is 3.36. The summed E-state index contributed by atoms with van der Waals surface area (Å²) in [6.45, 7) is 0. The number of fused-ring (bicyclic) bond motifs is 1. The Morgan fingerprint density at radius 1 is 1.20 bits per heavy atom. The Labute approximate surface area is 145 Å². The van der Waals surface area contributed by atoms with Crippen LogP contribution in [0.15, 0.2) is 33.5 Å². The molecule has 0 aliphatic carbocycles. The van der Waals surface area contributed by atoms with Gasteiger partial charge >= 0.3 is 10.6 Å². The van der Waals surface area contributed by atoms with Crippen LogP contribution in [0, 0.1) is 10.1 Å². The summed E-state index contributed by atoms with van der Waals surface area (Å²) >= 11 is 1.01. The Morgan fingerprint density at radius 2 is 1.92 bits per heavy atom. The lowest BCUT2D eigenvalue weighted by atomic mass is 10.2. The highest BCUT2D eigenvalue weighted by Gasteiger charge is 2.12. The number of benzene rings is 1. The monoisotopic (exact) mass is 360 g/mol. The average Bonchev–Trinajstić information content (AvgIpc) is 3.08. The van der Waals surface area contributed by atoms with E-state index in [9.17, 15) is 14.9 Å². The van der Waals surface area contributed by atoms with Crippen molar-refractivity contribution in [1.29, 1.82) is 0 Å². The number of thiophene rings is 1. The lowest BCUT2D eigenvalue weighted by molar-refractivity contribution is -0.380. The number of aromatic nitrogens is 1. The van der Waals surface area contributed by atoms with Gasteiger partial charge in [-0.25, -0.2) is 9.78 Å². The van der Waals surface area contributed by atoms with Gasteiger partial charge in [-0.1, -0.05) is 11.3 Å². The molecule has 0 bridgehead atoms. The number of hydrogen-bond donors (Lipinski definition) is 0. The Hall–Kier alpha value is -3.20. The largest absolute Gasteiger partial charge is 0.493 e. The van der Waals surface area contributed by atoms with Crippen molar-refractivity contribution in [1.82, 2.24) is 4.98 Å². The van der Waals surface area contributed by atoms with Gasteiger partial charge in [0, 0.05) is 29.2 Å². The van der Waals surface area contributed by atoms with Crippen LogP contribution in [0.25, 0.3) is 23.1 Å². The minimum atomic E-state index is -0.567. The van der Waals surface area contributed by atoms with E-state index in [0.717, 1.165) is 11.3 Å². The predicted octanol–water partition coefficient (Wildman–Crippen LogP) is 3.35. The Morgan fingerprint density at radius 3 is 2.56 bits per heavy atom. The maximum Gasteiger partial charge on any atom is 0.347 e. The third-order valence-corrected chi connectivity index (χ3v) is 4.33. The number of rotatable bonds is 5. The first-order valence-electron chi connectivity index (χ1n) is 7.01. The first-order chi connectivity index (χ1) is 12.0. The highest BCUT2D eigenvalue weighted by molar-refractivity contribution is 7.16. The zero-order chi connectivity index (χ0) is 18.0. The lowest BCUT2D eigenvalue weighted by Crippen LogP contribution is -2.04. The second kappa shape index (κ2) is 6.73. The van der Waals surface area contributed by atoms with Crippen molar-refractivity contribution in [3.05, 3.63) is 55.6 Å². The van der Waals surface area contributed by atoms with E-state index in [4.69, 9.17) is 13.9 Å². The molecule has 9 heteroatoms. The summed E-state index contributed by atoms with van der Waals surface area (Å²) in [5, 5.41) is 11.0. The Kier molecular flexibility index (Phi) is 4.48. The fraction of sp³-hybridized carbons (Fsp3) is 0.125. The lowest BCUT2D eigenvalue weighted by Gasteiger charge is -2.08. The quantitative estimate of drug-likeness (QED) is 0.507. The molecule has 3 rings (SSSR count). The van der Waals surface area contributed by atoms with Gasteiger partial charge in [0.1, 0.15) is 0 Å². The molecule has 3 aromatic rings. The van der Waals surface area contributed by atoms with E-state index in [2.05, 4.69) is 4.98 Å². The number of nitro groups is 1. The molecule has 1 aromatic carbocycles. The molecule has 0 fully saturated rings.